The van der Waals surface area contributed by atoms with Gasteiger partial charge in [-0.3, -0.25) is 9.59 Å². The van der Waals surface area contributed by atoms with Crippen molar-refractivity contribution in [3.8, 4) is 0 Å². The smallest absolute Gasteiger partial charge is 0.270 e. The monoisotopic (exact) mass is 374 g/mol. The van der Waals surface area contributed by atoms with E-state index < -0.39 is 0 Å². The maximum Gasteiger partial charge on any atom is 0.270 e. The van der Waals surface area contributed by atoms with Gasteiger partial charge in [-0.25, -0.2) is 9.97 Å². The maximum atomic E-state index is 12.5. The molecule has 2 N–H and O–H groups in total. The molecule has 0 spiro atoms. The second-order valence-corrected chi connectivity index (χ2v) is 6.61. The minimum Gasteiger partial charge on any atom is -0.347 e. The zero-order valence-corrected chi connectivity index (χ0v) is 16.1. The van der Waals surface area contributed by atoms with Crippen LogP contribution >= 0.6 is 0 Å². The third-order valence-corrected chi connectivity index (χ3v) is 4.21. The van der Waals surface area contributed by atoms with Crippen LogP contribution in [0.4, 0.5) is 11.5 Å². The van der Waals surface area contributed by atoms with Crippen LogP contribution in [0, 0.1) is 13.8 Å². The summed E-state index contributed by atoms with van der Waals surface area (Å²) in [6.45, 7) is 5.71. The van der Waals surface area contributed by atoms with E-state index in [1.54, 1.807) is 37.3 Å². The van der Waals surface area contributed by atoms with Crippen LogP contribution in [0.2, 0.25) is 0 Å². The summed E-state index contributed by atoms with van der Waals surface area (Å²) < 4.78 is 0. The van der Waals surface area contributed by atoms with Gasteiger partial charge in [0.1, 0.15) is 17.3 Å². The zero-order chi connectivity index (χ0) is 20.1. The lowest BCUT2D eigenvalue weighted by molar-refractivity contribution is 0.0944. The third-order valence-electron chi connectivity index (χ3n) is 4.21. The van der Waals surface area contributed by atoms with Crippen LogP contribution in [0.3, 0.4) is 0 Å². The molecule has 0 radical (unpaired) electrons. The number of amides is 1. The Morgan fingerprint density at radius 2 is 1.61 bits per heavy atom. The number of benzene rings is 2. The first-order valence-electron chi connectivity index (χ1n) is 8.98. The molecule has 0 fully saturated rings. The minimum absolute atomic E-state index is 0.0111. The molecule has 0 aliphatic rings. The topological polar surface area (TPSA) is 84.0 Å². The molecule has 1 amide bonds. The molecule has 28 heavy (non-hydrogen) atoms. The predicted molar refractivity (Wildman–Crippen MR) is 109 cm³/mol. The van der Waals surface area contributed by atoms with Crippen LogP contribution in [0.25, 0.3) is 0 Å². The first-order chi connectivity index (χ1) is 13.4. The van der Waals surface area contributed by atoms with Gasteiger partial charge in [0.2, 0.25) is 0 Å². The van der Waals surface area contributed by atoms with Crippen molar-refractivity contribution in [1.29, 1.82) is 0 Å². The van der Waals surface area contributed by atoms with E-state index in [0.717, 1.165) is 11.3 Å². The van der Waals surface area contributed by atoms with Gasteiger partial charge in [0.05, 0.1) is 0 Å². The van der Waals surface area contributed by atoms with Crippen LogP contribution < -0.4 is 10.6 Å². The van der Waals surface area contributed by atoms with E-state index in [9.17, 15) is 9.59 Å². The van der Waals surface area contributed by atoms with E-state index in [1.165, 1.54) is 12.5 Å². The van der Waals surface area contributed by atoms with Gasteiger partial charge in [-0.05, 0) is 50.6 Å². The number of carbonyl (C=O) groups is 2. The Kier molecular flexibility index (Phi) is 5.79. The summed E-state index contributed by atoms with van der Waals surface area (Å²) in [6.07, 6.45) is 0. The molecule has 1 heterocycles. The summed E-state index contributed by atoms with van der Waals surface area (Å²) in [6, 6.07) is 16.7. The predicted octanol–water partition coefficient (Wildman–Crippen LogP) is 3.97. The molecule has 1 aromatic heterocycles. The van der Waals surface area contributed by atoms with Crippen LogP contribution in [0.1, 0.15) is 44.7 Å². The van der Waals surface area contributed by atoms with Crippen molar-refractivity contribution in [2.75, 3.05) is 5.32 Å². The fourth-order valence-electron chi connectivity index (χ4n) is 2.66. The fraction of sp³-hybridized carbons (Fsp3) is 0.182. The summed E-state index contributed by atoms with van der Waals surface area (Å²) in [5.74, 6) is 0.757. The largest absolute Gasteiger partial charge is 0.347 e. The Morgan fingerprint density at radius 3 is 2.25 bits per heavy atom. The third kappa shape index (κ3) is 5.01. The molecule has 0 aliphatic heterocycles. The van der Waals surface area contributed by atoms with Crippen molar-refractivity contribution in [3.05, 3.63) is 82.8 Å². The van der Waals surface area contributed by atoms with Gasteiger partial charge in [0, 0.05) is 23.9 Å². The molecule has 2 aromatic carbocycles. The van der Waals surface area contributed by atoms with Crippen molar-refractivity contribution >= 4 is 23.2 Å². The van der Waals surface area contributed by atoms with Crippen molar-refractivity contribution in [1.82, 2.24) is 15.3 Å². The van der Waals surface area contributed by atoms with Gasteiger partial charge in [0.25, 0.3) is 5.91 Å². The van der Waals surface area contributed by atoms with E-state index in [2.05, 4.69) is 20.6 Å². The Balaban J connectivity index is 1.70. The molecule has 6 heteroatoms. The van der Waals surface area contributed by atoms with Gasteiger partial charge in [0.15, 0.2) is 5.78 Å². The normalized spacial score (nSPS) is 10.4. The Hall–Kier alpha value is -3.54. The Labute approximate surface area is 164 Å². The Morgan fingerprint density at radius 1 is 0.929 bits per heavy atom. The second kappa shape index (κ2) is 8.43. The molecular weight excluding hydrogens is 352 g/mol. The van der Waals surface area contributed by atoms with E-state index in [0.29, 0.717) is 29.4 Å². The quantitative estimate of drug-likeness (QED) is 0.638. The number of anilines is 2. The first kappa shape index (κ1) is 19.2. The van der Waals surface area contributed by atoms with Crippen molar-refractivity contribution in [3.63, 3.8) is 0 Å². The van der Waals surface area contributed by atoms with Gasteiger partial charge in [-0.15, -0.1) is 0 Å². The van der Waals surface area contributed by atoms with E-state index in [-0.39, 0.29) is 11.7 Å². The highest BCUT2D eigenvalue weighted by Gasteiger charge is 2.11. The average Bonchev–Trinajstić information content (AvgIpc) is 2.67. The van der Waals surface area contributed by atoms with E-state index in [1.807, 2.05) is 31.2 Å². The lowest BCUT2D eigenvalue weighted by atomic mass is 10.1. The summed E-state index contributed by atoms with van der Waals surface area (Å²) in [5, 5.41) is 6.02. The summed E-state index contributed by atoms with van der Waals surface area (Å²) >= 11 is 0. The number of Topliss-reactive ketones (excluding diaryl/α,β-unsaturated/α-hetero) is 1. The summed E-state index contributed by atoms with van der Waals surface area (Å²) in [5.41, 5.74) is 3.90. The molecule has 0 saturated heterocycles. The SMILES string of the molecule is CC(=O)c1ccc(Nc2cc(C(=O)NCc3ccc(C)cc3)nc(C)n2)cc1. The second-order valence-electron chi connectivity index (χ2n) is 6.61. The van der Waals surface area contributed by atoms with E-state index in [4.69, 9.17) is 0 Å². The summed E-state index contributed by atoms with van der Waals surface area (Å²) in [7, 11) is 0. The number of hydrogen-bond acceptors (Lipinski definition) is 5. The van der Waals surface area contributed by atoms with Gasteiger partial charge < -0.3 is 10.6 Å². The highest BCUT2D eigenvalue weighted by Crippen LogP contribution is 2.17. The number of carbonyl (C=O) groups excluding carboxylic acids is 2. The average molecular weight is 374 g/mol. The first-order valence-corrected chi connectivity index (χ1v) is 8.98. The van der Waals surface area contributed by atoms with Crippen LogP contribution in [-0.2, 0) is 6.54 Å². The Bertz CT molecular complexity index is 996. The van der Waals surface area contributed by atoms with Crippen molar-refractivity contribution in [2.24, 2.45) is 0 Å². The van der Waals surface area contributed by atoms with Crippen molar-refractivity contribution < 1.29 is 9.59 Å². The number of aryl methyl sites for hydroxylation is 2. The molecule has 0 atom stereocenters. The molecule has 3 rings (SSSR count). The van der Waals surface area contributed by atoms with Crippen LogP contribution in [-0.4, -0.2) is 21.7 Å². The van der Waals surface area contributed by atoms with E-state index >= 15 is 0 Å². The number of nitrogens with one attached hydrogen (secondary N) is 2. The molecule has 3 aromatic rings. The number of aromatic nitrogens is 2. The fourth-order valence-corrected chi connectivity index (χ4v) is 2.66. The lowest BCUT2D eigenvalue weighted by Crippen LogP contribution is -2.24. The van der Waals surface area contributed by atoms with Gasteiger partial charge in [-0.2, -0.15) is 0 Å². The van der Waals surface area contributed by atoms with Crippen molar-refractivity contribution in [2.45, 2.75) is 27.3 Å². The number of ketones is 1. The van der Waals surface area contributed by atoms with Crippen LogP contribution in [0.15, 0.2) is 54.6 Å². The molecule has 0 saturated carbocycles. The molecule has 0 aliphatic carbocycles. The highest BCUT2D eigenvalue weighted by molar-refractivity contribution is 5.94. The molecular formula is C22H22N4O2. The molecule has 142 valence electrons. The maximum absolute atomic E-state index is 12.5. The van der Waals surface area contributed by atoms with Gasteiger partial charge >= 0.3 is 0 Å². The number of rotatable bonds is 6. The standard InChI is InChI=1S/C22H22N4O2/c1-14-4-6-17(7-5-14)13-23-22(28)20-12-21(25-16(3)24-20)26-19-10-8-18(9-11-19)15(2)27/h4-12H,13H2,1-3H3,(H,23,28)(H,24,25,26). The highest BCUT2D eigenvalue weighted by atomic mass is 16.1. The number of hydrogen-bond donors (Lipinski definition) is 2. The minimum atomic E-state index is -0.263. The molecule has 6 nitrogen and oxygen atoms in total. The van der Waals surface area contributed by atoms with Gasteiger partial charge in [-0.1, -0.05) is 29.8 Å². The lowest BCUT2D eigenvalue weighted by Gasteiger charge is -2.10. The molecule has 0 unspecified atom stereocenters. The molecule has 0 bridgehead atoms. The zero-order valence-electron chi connectivity index (χ0n) is 16.1. The number of nitrogens with zero attached hydrogens (tertiary/aromatic N) is 2. The van der Waals surface area contributed by atoms with Crippen LogP contribution in [0.5, 0.6) is 0 Å². The summed E-state index contributed by atoms with van der Waals surface area (Å²) in [4.78, 5) is 32.4.